The molecule has 9 heteroatoms. The summed E-state index contributed by atoms with van der Waals surface area (Å²) in [6.45, 7) is 1.15. The third kappa shape index (κ3) is 3.72. The van der Waals surface area contributed by atoms with Gasteiger partial charge in [0.25, 0.3) is 5.91 Å². The van der Waals surface area contributed by atoms with Crippen molar-refractivity contribution in [1.82, 2.24) is 20.3 Å². The van der Waals surface area contributed by atoms with Crippen molar-refractivity contribution in [3.8, 4) is 11.5 Å². The Morgan fingerprint density at radius 2 is 2.03 bits per heavy atom. The molecule has 8 nitrogen and oxygen atoms in total. The van der Waals surface area contributed by atoms with Gasteiger partial charge in [0, 0.05) is 6.54 Å². The predicted octanol–water partition coefficient (Wildman–Crippen LogP) is 3.29. The van der Waals surface area contributed by atoms with Gasteiger partial charge in [-0.2, -0.15) is 0 Å². The zero-order valence-electron chi connectivity index (χ0n) is 15.3. The van der Waals surface area contributed by atoms with Crippen LogP contribution in [0.2, 0.25) is 0 Å². The van der Waals surface area contributed by atoms with Gasteiger partial charge in [-0.3, -0.25) is 4.79 Å². The minimum absolute atomic E-state index is 0.181. The molecular weight excluding hydrogens is 390 g/mol. The van der Waals surface area contributed by atoms with E-state index in [-0.39, 0.29) is 12.7 Å². The van der Waals surface area contributed by atoms with Crippen LogP contribution >= 0.6 is 11.3 Å². The second-order valence-electron chi connectivity index (χ2n) is 6.45. The number of carbonyl (C=O) groups is 1. The van der Waals surface area contributed by atoms with Crippen molar-refractivity contribution < 1.29 is 14.3 Å². The van der Waals surface area contributed by atoms with Crippen LogP contribution in [0.3, 0.4) is 0 Å². The van der Waals surface area contributed by atoms with Gasteiger partial charge in [0.2, 0.25) is 6.79 Å². The number of aromatic amines is 1. The third-order valence-electron chi connectivity index (χ3n) is 4.47. The van der Waals surface area contributed by atoms with Crippen LogP contribution in [0.15, 0.2) is 48.7 Å². The smallest absolute Gasteiger partial charge is 0.263 e. The molecule has 1 aliphatic rings. The van der Waals surface area contributed by atoms with Gasteiger partial charge in [-0.1, -0.05) is 29.5 Å². The van der Waals surface area contributed by atoms with Gasteiger partial charge in [-0.15, -0.1) is 0 Å². The number of carbonyl (C=O) groups excluding carboxylic acids is 1. The molecule has 3 N–H and O–H groups in total. The van der Waals surface area contributed by atoms with Crippen LogP contribution < -0.4 is 20.1 Å². The summed E-state index contributed by atoms with van der Waals surface area (Å²) in [5, 5.41) is 6.78. The second kappa shape index (κ2) is 7.44. The van der Waals surface area contributed by atoms with Gasteiger partial charge in [0.1, 0.15) is 10.7 Å². The summed E-state index contributed by atoms with van der Waals surface area (Å²) >= 11 is 1.31. The van der Waals surface area contributed by atoms with E-state index in [0.29, 0.717) is 28.9 Å². The van der Waals surface area contributed by atoms with E-state index < -0.39 is 0 Å². The molecule has 0 saturated carbocycles. The van der Waals surface area contributed by atoms with E-state index in [0.717, 1.165) is 28.1 Å². The summed E-state index contributed by atoms with van der Waals surface area (Å²) in [6.07, 6.45) is 1.57. The van der Waals surface area contributed by atoms with Gasteiger partial charge in [-0.05, 0) is 29.8 Å². The van der Waals surface area contributed by atoms with E-state index in [2.05, 4.69) is 25.6 Å². The Kier molecular flexibility index (Phi) is 4.49. The standard InChI is InChI=1S/C20H17N5O3S/c26-19(21-10-18-24-13-3-1-2-4-14(13)25-18)17-9-23-20(29-17)22-8-12-5-6-15-16(7-12)28-11-27-15/h1-7,9H,8,10-11H2,(H,21,26)(H,22,23)(H,24,25). The van der Waals surface area contributed by atoms with Crippen LogP contribution in [-0.4, -0.2) is 27.7 Å². The monoisotopic (exact) mass is 407 g/mol. The number of hydrogen-bond donors (Lipinski definition) is 3. The number of nitrogens with zero attached hydrogens (tertiary/aromatic N) is 2. The zero-order chi connectivity index (χ0) is 19.6. The van der Waals surface area contributed by atoms with Crippen LogP contribution in [0.1, 0.15) is 21.1 Å². The number of hydrogen-bond acceptors (Lipinski definition) is 7. The number of thiazole rings is 1. The van der Waals surface area contributed by atoms with E-state index in [1.165, 1.54) is 11.3 Å². The first-order valence-corrected chi connectivity index (χ1v) is 9.86. The summed E-state index contributed by atoms with van der Waals surface area (Å²) in [6, 6.07) is 13.5. The molecule has 0 spiro atoms. The number of ether oxygens (including phenoxy) is 2. The van der Waals surface area contributed by atoms with Gasteiger partial charge in [-0.25, -0.2) is 9.97 Å². The number of imidazole rings is 1. The van der Waals surface area contributed by atoms with E-state index in [9.17, 15) is 4.79 Å². The van der Waals surface area contributed by atoms with Crippen molar-refractivity contribution in [3.05, 3.63) is 64.9 Å². The highest BCUT2D eigenvalue weighted by atomic mass is 32.1. The number of anilines is 1. The average Bonchev–Trinajstić information content (AvgIpc) is 3.48. The lowest BCUT2D eigenvalue weighted by Crippen LogP contribution is -2.22. The number of aromatic nitrogens is 3. The predicted molar refractivity (Wildman–Crippen MR) is 109 cm³/mol. The molecule has 2 aromatic carbocycles. The van der Waals surface area contributed by atoms with Crippen LogP contribution in [0.4, 0.5) is 5.13 Å². The first-order valence-electron chi connectivity index (χ1n) is 9.05. The number of benzene rings is 2. The molecule has 4 aromatic rings. The topological polar surface area (TPSA) is 101 Å². The molecule has 0 atom stereocenters. The molecule has 1 aliphatic heterocycles. The molecule has 1 amide bonds. The normalized spacial score (nSPS) is 12.3. The number of fused-ring (bicyclic) bond motifs is 2. The molecule has 0 radical (unpaired) electrons. The van der Waals surface area contributed by atoms with Crippen molar-refractivity contribution in [2.75, 3.05) is 12.1 Å². The molecule has 0 saturated heterocycles. The SMILES string of the molecule is O=C(NCc1nc2ccccc2[nH]1)c1cnc(NCc2ccc3c(c2)OCO3)s1. The van der Waals surface area contributed by atoms with E-state index in [1.54, 1.807) is 6.20 Å². The highest BCUT2D eigenvalue weighted by Crippen LogP contribution is 2.32. The maximum Gasteiger partial charge on any atom is 0.263 e. The van der Waals surface area contributed by atoms with Crippen molar-refractivity contribution in [3.63, 3.8) is 0 Å². The highest BCUT2D eigenvalue weighted by Gasteiger charge is 2.14. The fourth-order valence-corrected chi connectivity index (χ4v) is 3.76. The van der Waals surface area contributed by atoms with E-state index >= 15 is 0 Å². The minimum atomic E-state index is -0.181. The number of rotatable bonds is 6. The number of amides is 1. The molecule has 29 heavy (non-hydrogen) atoms. The lowest BCUT2D eigenvalue weighted by Gasteiger charge is -2.04. The summed E-state index contributed by atoms with van der Waals surface area (Å²) < 4.78 is 10.7. The summed E-state index contributed by atoms with van der Waals surface area (Å²) in [5.74, 6) is 2.03. The van der Waals surface area contributed by atoms with Crippen molar-refractivity contribution in [1.29, 1.82) is 0 Å². The zero-order valence-corrected chi connectivity index (χ0v) is 16.1. The van der Waals surface area contributed by atoms with Crippen LogP contribution in [0, 0.1) is 0 Å². The van der Waals surface area contributed by atoms with Crippen molar-refractivity contribution >= 4 is 33.4 Å². The first-order chi connectivity index (χ1) is 14.2. The lowest BCUT2D eigenvalue weighted by molar-refractivity contribution is 0.0954. The molecule has 0 fully saturated rings. The van der Waals surface area contributed by atoms with Crippen LogP contribution in [-0.2, 0) is 13.1 Å². The van der Waals surface area contributed by atoms with Crippen molar-refractivity contribution in [2.24, 2.45) is 0 Å². The van der Waals surface area contributed by atoms with Gasteiger partial charge in [0.15, 0.2) is 16.6 Å². The van der Waals surface area contributed by atoms with E-state index in [1.807, 2.05) is 42.5 Å². The van der Waals surface area contributed by atoms with Gasteiger partial charge >= 0.3 is 0 Å². The molecule has 0 bridgehead atoms. The third-order valence-corrected chi connectivity index (χ3v) is 5.42. The summed E-state index contributed by atoms with van der Waals surface area (Å²) in [4.78, 5) is 24.9. The molecule has 5 rings (SSSR count). The Morgan fingerprint density at radius 1 is 1.14 bits per heavy atom. The Hall–Kier alpha value is -3.59. The first kappa shape index (κ1) is 17.5. The Bertz CT molecular complexity index is 1150. The fraction of sp³-hybridized carbons (Fsp3) is 0.150. The second-order valence-corrected chi connectivity index (χ2v) is 7.48. The minimum Gasteiger partial charge on any atom is -0.454 e. The molecule has 2 aromatic heterocycles. The quantitative estimate of drug-likeness (QED) is 0.453. The molecular formula is C20H17N5O3S. The Balaban J connectivity index is 1.17. The van der Waals surface area contributed by atoms with Gasteiger partial charge < -0.3 is 25.1 Å². The molecule has 0 aliphatic carbocycles. The molecule has 146 valence electrons. The van der Waals surface area contributed by atoms with Crippen molar-refractivity contribution in [2.45, 2.75) is 13.1 Å². The Morgan fingerprint density at radius 3 is 2.97 bits per heavy atom. The number of H-pyrrole nitrogens is 1. The highest BCUT2D eigenvalue weighted by molar-refractivity contribution is 7.17. The van der Waals surface area contributed by atoms with Crippen LogP contribution in [0.25, 0.3) is 11.0 Å². The Labute approximate surface area is 169 Å². The fourth-order valence-electron chi connectivity index (χ4n) is 3.03. The maximum atomic E-state index is 12.4. The summed E-state index contributed by atoms with van der Waals surface area (Å²) in [7, 11) is 0. The number of para-hydroxylation sites is 2. The largest absolute Gasteiger partial charge is 0.454 e. The lowest BCUT2D eigenvalue weighted by atomic mass is 10.2. The summed E-state index contributed by atoms with van der Waals surface area (Å²) in [5.41, 5.74) is 2.87. The maximum absolute atomic E-state index is 12.4. The number of nitrogens with one attached hydrogen (secondary N) is 3. The molecule has 3 heterocycles. The van der Waals surface area contributed by atoms with E-state index in [4.69, 9.17) is 9.47 Å². The average molecular weight is 407 g/mol. The molecule has 0 unspecified atom stereocenters. The van der Waals surface area contributed by atoms with Gasteiger partial charge in [0.05, 0.1) is 23.8 Å². The van der Waals surface area contributed by atoms with Crippen LogP contribution in [0.5, 0.6) is 11.5 Å².